The summed E-state index contributed by atoms with van der Waals surface area (Å²) < 4.78 is 0. The van der Waals surface area contributed by atoms with Crippen molar-refractivity contribution in [2.45, 2.75) is 19.4 Å². The molecule has 2 aromatic rings. The van der Waals surface area contributed by atoms with Gasteiger partial charge in [0.1, 0.15) is 0 Å². The molecule has 0 atom stereocenters. The second-order valence-corrected chi connectivity index (χ2v) is 6.06. The first-order valence-corrected chi connectivity index (χ1v) is 8.29. The van der Waals surface area contributed by atoms with Crippen LogP contribution in [0, 0.1) is 0 Å². The third kappa shape index (κ3) is 7.32. The van der Waals surface area contributed by atoms with Gasteiger partial charge in [-0.2, -0.15) is 0 Å². The Labute approximate surface area is 151 Å². The summed E-state index contributed by atoms with van der Waals surface area (Å²) in [5, 5.41) is 12.2. The van der Waals surface area contributed by atoms with E-state index in [1.165, 1.54) is 0 Å². The van der Waals surface area contributed by atoms with Crippen LogP contribution in [0.1, 0.15) is 18.4 Å². The summed E-state index contributed by atoms with van der Waals surface area (Å²) in [5.41, 5.74) is 1.64. The molecule has 25 heavy (non-hydrogen) atoms. The van der Waals surface area contributed by atoms with Gasteiger partial charge in [0.2, 0.25) is 5.91 Å². The summed E-state index contributed by atoms with van der Waals surface area (Å²) in [6.45, 7) is 1.20. The number of aromatic nitrogens is 1. The summed E-state index contributed by atoms with van der Waals surface area (Å²) in [6.07, 6.45) is 3.97. The topological polar surface area (TPSA) is 82.5 Å². The average Bonchev–Trinajstić information content (AvgIpc) is 2.57. The molecule has 1 heterocycles. The standard InChI is InChI=1S/C18H20ClN3O3/c19-15-5-7-16(8-6-15)21-17(23)13-22(10-2-4-18(24)25)12-14-3-1-9-20-11-14/h1,3,5-9,11H,2,4,10,12-13H2,(H,21,23)(H,24,25). The number of carboxylic acids is 1. The minimum atomic E-state index is -0.841. The van der Waals surface area contributed by atoms with Gasteiger partial charge in [0.15, 0.2) is 0 Å². The molecule has 2 rings (SSSR count). The van der Waals surface area contributed by atoms with Crippen molar-refractivity contribution < 1.29 is 14.7 Å². The van der Waals surface area contributed by atoms with Crippen LogP contribution in [0.3, 0.4) is 0 Å². The van der Waals surface area contributed by atoms with E-state index in [4.69, 9.17) is 16.7 Å². The lowest BCUT2D eigenvalue weighted by Gasteiger charge is -2.21. The maximum Gasteiger partial charge on any atom is 0.303 e. The van der Waals surface area contributed by atoms with E-state index in [1.54, 1.807) is 36.7 Å². The number of aliphatic carboxylic acids is 1. The van der Waals surface area contributed by atoms with Crippen molar-refractivity contribution in [2.24, 2.45) is 0 Å². The quantitative estimate of drug-likeness (QED) is 0.717. The number of nitrogens with one attached hydrogen (secondary N) is 1. The molecule has 1 aromatic carbocycles. The lowest BCUT2D eigenvalue weighted by atomic mass is 10.2. The van der Waals surface area contributed by atoms with Crippen molar-refractivity contribution in [3.63, 3.8) is 0 Å². The van der Waals surface area contributed by atoms with Gasteiger partial charge in [-0.3, -0.25) is 19.5 Å². The first-order chi connectivity index (χ1) is 12.0. The molecule has 132 valence electrons. The highest BCUT2D eigenvalue weighted by Crippen LogP contribution is 2.13. The van der Waals surface area contributed by atoms with Gasteiger partial charge in [-0.15, -0.1) is 0 Å². The predicted octanol–water partition coefficient (Wildman–Crippen LogP) is 3.04. The highest BCUT2D eigenvalue weighted by atomic mass is 35.5. The molecule has 1 amide bonds. The van der Waals surface area contributed by atoms with Gasteiger partial charge >= 0.3 is 5.97 Å². The van der Waals surface area contributed by atoms with Gasteiger partial charge in [-0.05, 0) is 48.9 Å². The van der Waals surface area contributed by atoms with E-state index < -0.39 is 5.97 Å². The molecule has 2 N–H and O–H groups in total. The van der Waals surface area contributed by atoms with Crippen LogP contribution in [0.2, 0.25) is 5.02 Å². The first-order valence-electron chi connectivity index (χ1n) is 7.91. The van der Waals surface area contributed by atoms with Gasteiger partial charge < -0.3 is 10.4 Å². The number of halogens is 1. The maximum atomic E-state index is 12.3. The molecular formula is C18H20ClN3O3. The molecule has 0 aliphatic rings. The molecule has 0 saturated carbocycles. The average molecular weight is 362 g/mol. The maximum absolute atomic E-state index is 12.3. The number of carbonyl (C=O) groups excluding carboxylic acids is 1. The van der Waals surface area contributed by atoms with Crippen LogP contribution in [-0.4, -0.2) is 40.0 Å². The zero-order valence-electron chi connectivity index (χ0n) is 13.7. The first kappa shape index (κ1) is 18.9. The van der Waals surface area contributed by atoms with Crippen molar-refractivity contribution in [3.8, 4) is 0 Å². The fraction of sp³-hybridized carbons (Fsp3) is 0.278. The number of pyridine rings is 1. The Morgan fingerprint density at radius 2 is 1.96 bits per heavy atom. The summed E-state index contributed by atoms with van der Waals surface area (Å²) in [4.78, 5) is 29.0. The molecule has 0 fully saturated rings. The van der Waals surface area contributed by atoms with Crippen molar-refractivity contribution in [2.75, 3.05) is 18.4 Å². The fourth-order valence-electron chi connectivity index (χ4n) is 2.35. The summed E-state index contributed by atoms with van der Waals surface area (Å²) in [7, 11) is 0. The van der Waals surface area contributed by atoms with Crippen molar-refractivity contribution in [3.05, 3.63) is 59.4 Å². The second-order valence-electron chi connectivity index (χ2n) is 5.62. The Balaban J connectivity index is 1.94. The number of amides is 1. The normalized spacial score (nSPS) is 10.6. The summed E-state index contributed by atoms with van der Waals surface area (Å²) >= 11 is 5.83. The Bertz CT molecular complexity index is 692. The third-order valence-electron chi connectivity index (χ3n) is 3.49. The molecular weight excluding hydrogens is 342 g/mol. The monoisotopic (exact) mass is 361 g/mol. The number of rotatable bonds is 9. The lowest BCUT2D eigenvalue weighted by Crippen LogP contribution is -2.34. The van der Waals surface area contributed by atoms with Gasteiger partial charge in [-0.25, -0.2) is 0 Å². The number of hydrogen-bond acceptors (Lipinski definition) is 4. The molecule has 0 unspecified atom stereocenters. The van der Waals surface area contributed by atoms with E-state index in [9.17, 15) is 9.59 Å². The molecule has 0 saturated heterocycles. The van der Waals surface area contributed by atoms with E-state index in [1.807, 2.05) is 17.0 Å². The van der Waals surface area contributed by atoms with Gasteiger partial charge in [0.25, 0.3) is 0 Å². The smallest absolute Gasteiger partial charge is 0.303 e. The SMILES string of the molecule is O=C(O)CCCN(CC(=O)Nc1ccc(Cl)cc1)Cc1cccnc1. The highest BCUT2D eigenvalue weighted by Gasteiger charge is 2.12. The van der Waals surface area contributed by atoms with E-state index in [0.717, 1.165) is 5.56 Å². The van der Waals surface area contributed by atoms with E-state index >= 15 is 0 Å². The molecule has 0 bridgehead atoms. The number of hydrogen-bond donors (Lipinski definition) is 2. The molecule has 0 aliphatic heterocycles. The largest absolute Gasteiger partial charge is 0.481 e. The van der Waals surface area contributed by atoms with Gasteiger partial charge in [0, 0.05) is 36.1 Å². The predicted molar refractivity (Wildman–Crippen MR) is 96.5 cm³/mol. The zero-order chi connectivity index (χ0) is 18.1. The van der Waals surface area contributed by atoms with E-state index in [0.29, 0.717) is 30.2 Å². The number of carbonyl (C=O) groups is 2. The Hall–Kier alpha value is -2.44. The molecule has 7 heteroatoms. The number of nitrogens with zero attached hydrogens (tertiary/aromatic N) is 2. The van der Waals surface area contributed by atoms with Crippen LogP contribution in [-0.2, 0) is 16.1 Å². The van der Waals surface area contributed by atoms with Crippen LogP contribution in [0.5, 0.6) is 0 Å². The Morgan fingerprint density at radius 1 is 1.20 bits per heavy atom. The number of anilines is 1. The minimum absolute atomic E-state index is 0.0718. The zero-order valence-corrected chi connectivity index (χ0v) is 14.4. The third-order valence-corrected chi connectivity index (χ3v) is 3.74. The Morgan fingerprint density at radius 3 is 2.60 bits per heavy atom. The number of carboxylic acid groups (broad SMARTS) is 1. The van der Waals surface area contributed by atoms with Crippen LogP contribution >= 0.6 is 11.6 Å². The van der Waals surface area contributed by atoms with E-state index in [2.05, 4.69) is 10.3 Å². The molecule has 0 spiro atoms. The molecule has 6 nitrogen and oxygen atoms in total. The van der Waals surface area contributed by atoms with Crippen LogP contribution < -0.4 is 5.32 Å². The summed E-state index contributed by atoms with van der Waals surface area (Å²) in [5.74, 6) is -1.01. The molecule has 0 radical (unpaired) electrons. The minimum Gasteiger partial charge on any atom is -0.481 e. The van der Waals surface area contributed by atoms with Crippen LogP contribution in [0.25, 0.3) is 0 Å². The van der Waals surface area contributed by atoms with Crippen molar-refractivity contribution in [1.29, 1.82) is 0 Å². The van der Waals surface area contributed by atoms with Crippen LogP contribution in [0.4, 0.5) is 5.69 Å². The van der Waals surface area contributed by atoms with Gasteiger partial charge in [0.05, 0.1) is 6.54 Å². The highest BCUT2D eigenvalue weighted by molar-refractivity contribution is 6.30. The summed E-state index contributed by atoms with van der Waals surface area (Å²) in [6, 6.07) is 10.6. The fourth-order valence-corrected chi connectivity index (χ4v) is 2.48. The number of benzene rings is 1. The molecule has 1 aromatic heterocycles. The van der Waals surface area contributed by atoms with Crippen molar-refractivity contribution in [1.82, 2.24) is 9.88 Å². The van der Waals surface area contributed by atoms with Gasteiger partial charge in [-0.1, -0.05) is 17.7 Å². The second kappa shape index (κ2) is 9.76. The van der Waals surface area contributed by atoms with Crippen molar-refractivity contribution >= 4 is 29.2 Å². The molecule has 0 aliphatic carbocycles. The van der Waals surface area contributed by atoms with Crippen LogP contribution in [0.15, 0.2) is 48.8 Å². The Kier molecular flexibility index (Phi) is 7.37. The lowest BCUT2D eigenvalue weighted by molar-refractivity contribution is -0.137. The van der Waals surface area contributed by atoms with E-state index in [-0.39, 0.29) is 18.9 Å².